The van der Waals surface area contributed by atoms with Gasteiger partial charge in [-0.2, -0.15) is 0 Å². The van der Waals surface area contributed by atoms with Crippen LogP contribution >= 0.6 is 0 Å². The molecule has 1 aliphatic heterocycles. The molecule has 0 unspecified atom stereocenters. The fourth-order valence-electron chi connectivity index (χ4n) is 2.95. The lowest BCUT2D eigenvalue weighted by molar-refractivity contribution is -0.000651. The zero-order valence-electron chi connectivity index (χ0n) is 13.0. The lowest BCUT2D eigenvalue weighted by Gasteiger charge is -2.43. The summed E-state index contributed by atoms with van der Waals surface area (Å²) in [5, 5.41) is 4.10. The van der Waals surface area contributed by atoms with E-state index in [9.17, 15) is 4.39 Å². The molecule has 1 aromatic carbocycles. The third kappa shape index (κ3) is 2.89. The van der Waals surface area contributed by atoms with E-state index >= 15 is 0 Å². The van der Waals surface area contributed by atoms with E-state index in [-0.39, 0.29) is 11.4 Å². The Labute approximate surface area is 129 Å². The molecule has 1 fully saturated rings. The van der Waals surface area contributed by atoms with Crippen LogP contribution in [0.25, 0.3) is 10.9 Å². The van der Waals surface area contributed by atoms with Crippen molar-refractivity contribution in [2.24, 2.45) is 0 Å². The van der Waals surface area contributed by atoms with Crippen LogP contribution < -0.4 is 5.32 Å². The van der Waals surface area contributed by atoms with Gasteiger partial charge >= 0.3 is 0 Å². The van der Waals surface area contributed by atoms with Gasteiger partial charge in [-0.3, -0.25) is 0 Å². The molecule has 1 N–H and O–H groups in total. The molecule has 1 aromatic heterocycles. The summed E-state index contributed by atoms with van der Waals surface area (Å²) in [6, 6.07) is 4.57. The molecule has 0 bridgehead atoms. The van der Waals surface area contributed by atoms with E-state index in [2.05, 4.69) is 34.3 Å². The van der Waals surface area contributed by atoms with Gasteiger partial charge in [0.25, 0.3) is 0 Å². The Kier molecular flexibility index (Phi) is 4.22. The molecule has 22 heavy (non-hydrogen) atoms. The Morgan fingerprint density at radius 1 is 1.27 bits per heavy atom. The summed E-state index contributed by atoms with van der Waals surface area (Å²) in [4.78, 5) is 10.7. The maximum Gasteiger partial charge on any atom is 0.137 e. The van der Waals surface area contributed by atoms with Gasteiger partial charge in [0.1, 0.15) is 18.0 Å². The summed E-state index contributed by atoms with van der Waals surface area (Å²) in [5.74, 6) is 0.399. The van der Waals surface area contributed by atoms with E-state index in [1.54, 1.807) is 6.07 Å². The first-order valence-electron chi connectivity index (χ1n) is 7.50. The normalized spacial score (nSPS) is 17.8. The van der Waals surface area contributed by atoms with Crippen molar-refractivity contribution < 1.29 is 9.13 Å². The van der Waals surface area contributed by atoms with Crippen LogP contribution in [0.5, 0.6) is 0 Å². The van der Waals surface area contributed by atoms with Crippen molar-refractivity contribution in [2.75, 3.05) is 39.2 Å². The standard InChI is InChI=1S/C16H21FN4O/c1-21(2)16(5-7-22-8-6-16)10-18-15-13-9-12(17)3-4-14(13)19-11-20-15/h3-4,9,11H,5-8,10H2,1-2H3,(H,18,19,20). The first-order valence-corrected chi connectivity index (χ1v) is 7.50. The van der Waals surface area contributed by atoms with Gasteiger partial charge in [-0.05, 0) is 45.1 Å². The number of fused-ring (bicyclic) bond motifs is 1. The zero-order chi connectivity index (χ0) is 15.6. The summed E-state index contributed by atoms with van der Waals surface area (Å²) in [7, 11) is 4.18. The number of halogens is 1. The van der Waals surface area contributed by atoms with Gasteiger partial charge in [-0.1, -0.05) is 0 Å². The highest BCUT2D eigenvalue weighted by Crippen LogP contribution is 2.27. The molecule has 1 saturated heterocycles. The molecule has 0 amide bonds. The summed E-state index contributed by atoms with van der Waals surface area (Å²) < 4.78 is 19.0. The predicted molar refractivity (Wildman–Crippen MR) is 84.5 cm³/mol. The van der Waals surface area contributed by atoms with Crippen LogP contribution in [0, 0.1) is 5.82 Å². The summed E-state index contributed by atoms with van der Waals surface area (Å²) in [5.41, 5.74) is 0.771. The molecule has 2 aromatic rings. The van der Waals surface area contributed by atoms with E-state index in [4.69, 9.17) is 4.74 Å². The van der Waals surface area contributed by atoms with Crippen molar-refractivity contribution in [1.29, 1.82) is 0 Å². The van der Waals surface area contributed by atoms with Crippen LogP contribution in [-0.2, 0) is 4.74 Å². The first kappa shape index (κ1) is 15.1. The second-order valence-corrected chi connectivity index (χ2v) is 5.97. The van der Waals surface area contributed by atoms with Crippen molar-refractivity contribution in [3.8, 4) is 0 Å². The van der Waals surface area contributed by atoms with E-state index in [1.807, 2.05) is 0 Å². The predicted octanol–water partition coefficient (Wildman–Crippen LogP) is 2.29. The first-order chi connectivity index (χ1) is 10.6. The summed E-state index contributed by atoms with van der Waals surface area (Å²) >= 11 is 0. The maximum atomic E-state index is 13.5. The van der Waals surface area contributed by atoms with Crippen LogP contribution in [0.1, 0.15) is 12.8 Å². The molecular formula is C16H21FN4O. The number of rotatable bonds is 4. The Balaban J connectivity index is 1.85. The molecule has 118 valence electrons. The highest BCUT2D eigenvalue weighted by molar-refractivity contribution is 5.88. The minimum atomic E-state index is -0.279. The van der Waals surface area contributed by atoms with Gasteiger partial charge in [0, 0.05) is 30.7 Å². The monoisotopic (exact) mass is 304 g/mol. The quantitative estimate of drug-likeness (QED) is 0.939. The number of nitrogens with zero attached hydrogens (tertiary/aromatic N) is 3. The highest BCUT2D eigenvalue weighted by Gasteiger charge is 2.34. The number of benzene rings is 1. The Morgan fingerprint density at radius 2 is 2.05 bits per heavy atom. The molecule has 0 aliphatic carbocycles. The summed E-state index contributed by atoms with van der Waals surface area (Å²) in [6.45, 7) is 2.27. The smallest absolute Gasteiger partial charge is 0.137 e. The number of hydrogen-bond acceptors (Lipinski definition) is 5. The molecule has 0 spiro atoms. The van der Waals surface area contributed by atoms with Crippen molar-refractivity contribution in [1.82, 2.24) is 14.9 Å². The second kappa shape index (κ2) is 6.14. The minimum Gasteiger partial charge on any atom is -0.381 e. The van der Waals surface area contributed by atoms with Crippen molar-refractivity contribution in [3.05, 3.63) is 30.3 Å². The molecule has 3 rings (SSSR count). The summed E-state index contributed by atoms with van der Waals surface area (Å²) in [6.07, 6.45) is 3.43. The van der Waals surface area contributed by atoms with Crippen molar-refractivity contribution in [2.45, 2.75) is 18.4 Å². The molecular weight excluding hydrogens is 283 g/mol. The van der Waals surface area contributed by atoms with Gasteiger partial charge in [0.2, 0.25) is 0 Å². The largest absolute Gasteiger partial charge is 0.381 e. The van der Waals surface area contributed by atoms with Crippen LogP contribution in [0.2, 0.25) is 0 Å². The second-order valence-electron chi connectivity index (χ2n) is 5.97. The number of nitrogens with one attached hydrogen (secondary N) is 1. The van der Waals surface area contributed by atoms with Gasteiger partial charge in [0.15, 0.2) is 0 Å². The van der Waals surface area contributed by atoms with Gasteiger partial charge < -0.3 is 15.0 Å². The van der Waals surface area contributed by atoms with Crippen molar-refractivity contribution in [3.63, 3.8) is 0 Å². The average Bonchev–Trinajstić information content (AvgIpc) is 2.53. The van der Waals surface area contributed by atoms with Gasteiger partial charge in [-0.15, -0.1) is 0 Å². The number of hydrogen-bond donors (Lipinski definition) is 1. The molecule has 1 aliphatic rings. The van der Waals surface area contributed by atoms with E-state index < -0.39 is 0 Å². The van der Waals surface area contributed by atoms with Gasteiger partial charge in [0.05, 0.1) is 5.52 Å². The minimum absolute atomic E-state index is 0.0306. The molecule has 5 nitrogen and oxygen atoms in total. The number of likely N-dealkylation sites (N-methyl/N-ethyl adjacent to an activating group) is 1. The van der Waals surface area contributed by atoms with Crippen LogP contribution in [0.15, 0.2) is 24.5 Å². The van der Waals surface area contributed by atoms with E-state index in [0.29, 0.717) is 11.2 Å². The third-order valence-electron chi connectivity index (χ3n) is 4.55. The van der Waals surface area contributed by atoms with Gasteiger partial charge in [-0.25, -0.2) is 14.4 Å². The number of anilines is 1. The third-order valence-corrected chi connectivity index (χ3v) is 4.55. The number of aromatic nitrogens is 2. The van der Waals surface area contributed by atoms with Crippen LogP contribution in [0.3, 0.4) is 0 Å². The topological polar surface area (TPSA) is 50.3 Å². The SMILES string of the molecule is CN(C)C1(CNc2ncnc3ccc(F)cc23)CCOCC1. The Morgan fingerprint density at radius 3 is 2.77 bits per heavy atom. The molecule has 2 heterocycles. The highest BCUT2D eigenvalue weighted by atomic mass is 19.1. The molecule has 0 saturated carbocycles. The van der Waals surface area contributed by atoms with Crippen LogP contribution in [-0.4, -0.2) is 54.3 Å². The molecule has 0 radical (unpaired) electrons. The lowest BCUT2D eigenvalue weighted by Crippen LogP contribution is -2.53. The average molecular weight is 304 g/mol. The lowest BCUT2D eigenvalue weighted by atomic mass is 9.88. The number of ether oxygens (including phenoxy) is 1. The molecule has 6 heteroatoms. The fraction of sp³-hybridized carbons (Fsp3) is 0.500. The molecule has 0 atom stereocenters. The fourth-order valence-corrected chi connectivity index (χ4v) is 2.95. The van der Waals surface area contributed by atoms with E-state index in [0.717, 1.165) is 38.1 Å². The van der Waals surface area contributed by atoms with E-state index in [1.165, 1.54) is 18.5 Å². The Bertz CT molecular complexity index is 656. The maximum absolute atomic E-state index is 13.5. The zero-order valence-corrected chi connectivity index (χ0v) is 13.0. The Hall–Kier alpha value is -1.79. The van der Waals surface area contributed by atoms with Crippen LogP contribution in [0.4, 0.5) is 10.2 Å². The van der Waals surface area contributed by atoms with Crippen molar-refractivity contribution >= 4 is 16.7 Å².